The zero-order chi connectivity index (χ0) is 10.8. The Kier molecular flexibility index (Phi) is 3.49. The average Bonchev–Trinajstić information content (AvgIpc) is 2.30. The molecule has 1 N–H and O–H groups in total. The van der Waals surface area contributed by atoms with E-state index in [-0.39, 0.29) is 24.9 Å². The van der Waals surface area contributed by atoms with Gasteiger partial charge < -0.3 is 5.32 Å². The fraction of sp³-hybridized carbons (Fsp3) is 0.875. The van der Waals surface area contributed by atoms with Gasteiger partial charge in [-0.25, -0.2) is 0 Å². The van der Waals surface area contributed by atoms with Crippen molar-refractivity contribution in [2.24, 2.45) is 0 Å². The van der Waals surface area contributed by atoms with Crippen LogP contribution in [-0.4, -0.2) is 49.6 Å². The molecular formula is C8H13F3N2O. The topological polar surface area (TPSA) is 32.3 Å². The van der Waals surface area contributed by atoms with Crippen LogP contribution in [0, 0.1) is 0 Å². The SMILES string of the molecule is CN(CC1CC(=O)CN1)CC(F)(F)F. The van der Waals surface area contributed by atoms with Crippen LogP contribution < -0.4 is 5.32 Å². The number of halogens is 3. The summed E-state index contributed by atoms with van der Waals surface area (Å²) < 4.78 is 35.8. The molecule has 1 fully saturated rings. The van der Waals surface area contributed by atoms with E-state index in [0.29, 0.717) is 6.42 Å². The first kappa shape index (κ1) is 11.5. The molecule has 3 nitrogen and oxygen atoms in total. The summed E-state index contributed by atoms with van der Waals surface area (Å²) in [6.45, 7) is -0.394. The summed E-state index contributed by atoms with van der Waals surface area (Å²) in [6, 6.07) is -0.130. The zero-order valence-corrected chi connectivity index (χ0v) is 7.90. The molecule has 0 saturated carbocycles. The van der Waals surface area contributed by atoms with Crippen LogP contribution in [0.5, 0.6) is 0 Å². The zero-order valence-electron chi connectivity index (χ0n) is 7.90. The van der Waals surface area contributed by atoms with E-state index < -0.39 is 12.7 Å². The maximum Gasteiger partial charge on any atom is 0.401 e. The van der Waals surface area contributed by atoms with E-state index in [2.05, 4.69) is 5.32 Å². The summed E-state index contributed by atoms with van der Waals surface area (Å²) >= 11 is 0. The van der Waals surface area contributed by atoms with Crippen LogP contribution in [0.3, 0.4) is 0 Å². The minimum absolute atomic E-state index is 0.0652. The van der Waals surface area contributed by atoms with Crippen LogP contribution in [0.1, 0.15) is 6.42 Å². The number of nitrogens with one attached hydrogen (secondary N) is 1. The smallest absolute Gasteiger partial charge is 0.305 e. The van der Waals surface area contributed by atoms with Crippen LogP contribution >= 0.6 is 0 Å². The van der Waals surface area contributed by atoms with E-state index in [0.717, 1.165) is 0 Å². The Balaban J connectivity index is 2.27. The number of rotatable bonds is 3. The van der Waals surface area contributed by atoms with E-state index in [1.807, 2.05) is 0 Å². The maximum atomic E-state index is 11.9. The molecule has 6 heteroatoms. The number of ketones is 1. The van der Waals surface area contributed by atoms with Gasteiger partial charge in [-0.15, -0.1) is 0 Å². The molecule has 0 aromatic heterocycles. The van der Waals surface area contributed by atoms with Gasteiger partial charge in [0.1, 0.15) is 5.78 Å². The Morgan fingerprint density at radius 1 is 1.57 bits per heavy atom. The fourth-order valence-corrected chi connectivity index (χ4v) is 1.55. The van der Waals surface area contributed by atoms with Gasteiger partial charge in [0, 0.05) is 19.0 Å². The summed E-state index contributed by atoms with van der Waals surface area (Å²) in [7, 11) is 1.40. The number of hydrogen-bond acceptors (Lipinski definition) is 3. The summed E-state index contributed by atoms with van der Waals surface area (Å²) in [6.07, 6.45) is -3.83. The molecule has 0 bridgehead atoms. The first-order chi connectivity index (χ1) is 6.37. The number of alkyl halides is 3. The molecule has 1 heterocycles. The van der Waals surface area contributed by atoms with Crippen molar-refractivity contribution in [3.63, 3.8) is 0 Å². The third kappa shape index (κ3) is 4.06. The largest absolute Gasteiger partial charge is 0.401 e. The van der Waals surface area contributed by atoms with Crippen molar-refractivity contribution in [1.29, 1.82) is 0 Å². The van der Waals surface area contributed by atoms with Crippen molar-refractivity contribution in [2.75, 3.05) is 26.7 Å². The van der Waals surface area contributed by atoms with Gasteiger partial charge in [0.25, 0.3) is 0 Å². The van der Waals surface area contributed by atoms with Crippen LogP contribution in [0.4, 0.5) is 13.2 Å². The lowest BCUT2D eigenvalue weighted by Gasteiger charge is -2.21. The van der Waals surface area contributed by atoms with E-state index in [4.69, 9.17) is 0 Å². The number of likely N-dealkylation sites (N-methyl/N-ethyl adjacent to an activating group) is 1. The van der Waals surface area contributed by atoms with Crippen molar-refractivity contribution in [1.82, 2.24) is 10.2 Å². The molecule has 1 saturated heterocycles. The Hall–Kier alpha value is -0.620. The first-order valence-corrected chi connectivity index (χ1v) is 4.37. The molecule has 1 aliphatic rings. The van der Waals surface area contributed by atoms with Crippen molar-refractivity contribution >= 4 is 5.78 Å². The lowest BCUT2D eigenvalue weighted by Crippen LogP contribution is -2.39. The van der Waals surface area contributed by atoms with Gasteiger partial charge in [0.2, 0.25) is 0 Å². The monoisotopic (exact) mass is 210 g/mol. The van der Waals surface area contributed by atoms with Gasteiger partial charge >= 0.3 is 6.18 Å². The lowest BCUT2D eigenvalue weighted by atomic mass is 10.2. The fourth-order valence-electron chi connectivity index (χ4n) is 1.55. The summed E-state index contributed by atoms with van der Waals surface area (Å²) in [4.78, 5) is 12.0. The Bertz CT molecular complexity index is 217. The van der Waals surface area contributed by atoms with E-state index >= 15 is 0 Å². The van der Waals surface area contributed by atoms with Gasteiger partial charge in [0.15, 0.2) is 0 Å². The molecule has 1 unspecified atom stereocenters. The second kappa shape index (κ2) is 4.27. The number of nitrogens with zero attached hydrogens (tertiary/aromatic N) is 1. The molecule has 0 spiro atoms. The van der Waals surface area contributed by atoms with Crippen molar-refractivity contribution in [3.8, 4) is 0 Å². The van der Waals surface area contributed by atoms with E-state index in [1.54, 1.807) is 0 Å². The van der Waals surface area contributed by atoms with Gasteiger partial charge in [-0.05, 0) is 7.05 Å². The highest BCUT2D eigenvalue weighted by molar-refractivity contribution is 5.83. The number of carbonyl (C=O) groups is 1. The normalized spacial score (nSPS) is 23.5. The minimum atomic E-state index is -4.17. The molecule has 1 rings (SSSR count). The molecule has 0 aromatic carbocycles. The van der Waals surface area contributed by atoms with Crippen molar-refractivity contribution in [2.45, 2.75) is 18.6 Å². The van der Waals surface area contributed by atoms with E-state index in [1.165, 1.54) is 11.9 Å². The van der Waals surface area contributed by atoms with Crippen molar-refractivity contribution < 1.29 is 18.0 Å². The molecule has 0 radical (unpaired) electrons. The molecular weight excluding hydrogens is 197 g/mol. The standard InChI is InChI=1S/C8H13F3N2O/c1-13(5-8(9,10)11)4-6-2-7(14)3-12-6/h6,12H,2-5H2,1H3. The number of carbonyl (C=O) groups excluding carboxylic acids is 1. The molecule has 82 valence electrons. The van der Waals surface area contributed by atoms with Crippen LogP contribution in [0.15, 0.2) is 0 Å². The predicted molar refractivity (Wildman–Crippen MR) is 45.0 cm³/mol. The molecule has 0 aliphatic carbocycles. The third-order valence-electron chi connectivity index (χ3n) is 2.04. The number of Topliss-reactive ketones (excluding diaryl/α,β-unsaturated/α-hetero) is 1. The van der Waals surface area contributed by atoms with E-state index in [9.17, 15) is 18.0 Å². The summed E-state index contributed by atoms with van der Waals surface area (Å²) in [5.41, 5.74) is 0. The second-order valence-corrected chi connectivity index (χ2v) is 3.63. The highest BCUT2D eigenvalue weighted by atomic mass is 19.4. The quantitative estimate of drug-likeness (QED) is 0.732. The van der Waals surface area contributed by atoms with Gasteiger partial charge in [0.05, 0.1) is 13.1 Å². The van der Waals surface area contributed by atoms with Crippen LogP contribution in [-0.2, 0) is 4.79 Å². The Morgan fingerprint density at radius 2 is 2.21 bits per heavy atom. The molecule has 1 atom stereocenters. The van der Waals surface area contributed by atoms with Crippen LogP contribution in [0.2, 0.25) is 0 Å². The van der Waals surface area contributed by atoms with Gasteiger partial charge in [-0.2, -0.15) is 13.2 Å². The maximum absolute atomic E-state index is 11.9. The second-order valence-electron chi connectivity index (χ2n) is 3.63. The summed E-state index contributed by atoms with van der Waals surface area (Å²) in [5.74, 6) is 0.0652. The highest BCUT2D eigenvalue weighted by Crippen LogP contribution is 2.16. The molecule has 0 aromatic rings. The Labute approximate surface area is 80.3 Å². The molecule has 14 heavy (non-hydrogen) atoms. The Morgan fingerprint density at radius 3 is 2.64 bits per heavy atom. The first-order valence-electron chi connectivity index (χ1n) is 4.37. The molecule has 0 amide bonds. The average molecular weight is 210 g/mol. The molecule has 1 aliphatic heterocycles. The van der Waals surface area contributed by atoms with Gasteiger partial charge in [-0.1, -0.05) is 0 Å². The lowest BCUT2D eigenvalue weighted by molar-refractivity contribution is -0.143. The predicted octanol–water partition coefficient (Wildman–Crippen LogP) is 0.411. The van der Waals surface area contributed by atoms with Gasteiger partial charge in [-0.3, -0.25) is 9.69 Å². The van der Waals surface area contributed by atoms with Crippen LogP contribution in [0.25, 0.3) is 0 Å². The third-order valence-corrected chi connectivity index (χ3v) is 2.04. The highest BCUT2D eigenvalue weighted by Gasteiger charge is 2.31. The number of hydrogen-bond donors (Lipinski definition) is 1. The van der Waals surface area contributed by atoms with Crippen molar-refractivity contribution in [3.05, 3.63) is 0 Å². The summed E-state index contributed by atoms with van der Waals surface area (Å²) in [5, 5.41) is 2.86. The minimum Gasteiger partial charge on any atom is -0.305 e.